The Balaban J connectivity index is 2.22. The number of nitrogens with zero attached hydrogens (tertiary/aromatic N) is 1. The van der Waals surface area contributed by atoms with Crippen molar-refractivity contribution in [2.45, 2.75) is 13.8 Å². The zero-order valence-electron chi connectivity index (χ0n) is 10.8. The highest BCUT2D eigenvalue weighted by Crippen LogP contribution is 2.27. The van der Waals surface area contributed by atoms with Crippen LogP contribution in [0.5, 0.6) is 0 Å². The summed E-state index contributed by atoms with van der Waals surface area (Å²) in [6, 6.07) is 13.2. The van der Waals surface area contributed by atoms with E-state index >= 15 is 0 Å². The van der Waals surface area contributed by atoms with E-state index in [2.05, 4.69) is 4.98 Å². The summed E-state index contributed by atoms with van der Waals surface area (Å²) in [5.74, 6) is 0.500. The van der Waals surface area contributed by atoms with Gasteiger partial charge < -0.3 is 4.42 Å². The summed E-state index contributed by atoms with van der Waals surface area (Å²) < 4.78 is 5.74. The van der Waals surface area contributed by atoms with Crippen LogP contribution in [0.1, 0.15) is 22.8 Å². The van der Waals surface area contributed by atoms with Crippen molar-refractivity contribution in [3.05, 3.63) is 53.6 Å². The summed E-state index contributed by atoms with van der Waals surface area (Å²) in [7, 11) is 0. The highest BCUT2D eigenvalue weighted by Gasteiger charge is 2.14. The summed E-state index contributed by atoms with van der Waals surface area (Å²) in [6.07, 6.45) is 0. The van der Waals surface area contributed by atoms with Gasteiger partial charge in [-0.1, -0.05) is 24.3 Å². The molecular formula is C16H13NO2. The van der Waals surface area contributed by atoms with Crippen LogP contribution in [0.2, 0.25) is 0 Å². The summed E-state index contributed by atoms with van der Waals surface area (Å²) >= 11 is 0. The van der Waals surface area contributed by atoms with Crippen molar-refractivity contribution < 1.29 is 9.21 Å². The number of carbonyl (C=O) groups excluding carboxylic acids is 1. The Bertz CT molecular complexity index is 771. The molecule has 0 spiro atoms. The number of carbonyl (C=O) groups is 1. The van der Waals surface area contributed by atoms with E-state index in [0.29, 0.717) is 11.5 Å². The number of aryl methyl sites for hydroxylation is 1. The van der Waals surface area contributed by atoms with Gasteiger partial charge in [-0.05, 0) is 37.6 Å². The van der Waals surface area contributed by atoms with Crippen LogP contribution >= 0.6 is 0 Å². The van der Waals surface area contributed by atoms with Gasteiger partial charge in [0.2, 0.25) is 5.89 Å². The summed E-state index contributed by atoms with van der Waals surface area (Å²) in [5.41, 5.74) is 4.05. The Morgan fingerprint density at radius 3 is 2.74 bits per heavy atom. The molecule has 0 unspecified atom stereocenters. The first kappa shape index (κ1) is 11.7. The van der Waals surface area contributed by atoms with Crippen molar-refractivity contribution in [2.75, 3.05) is 0 Å². The molecule has 0 saturated heterocycles. The van der Waals surface area contributed by atoms with Crippen LogP contribution in [-0.2, 0) is 0 Å². The third-order valence-electron chi connectivity index (χ3n) is 3.08. The molecule has 0 N–H and O–H groups in total. The van der Waals surface area contributed by atoms with E-state index in [1.165, 1.54) is 0 Å². The topological polar surface area (TPSA) is 43.1 Å². The largest absolute Gasteiger partial charge is 0.436 e. The molecule has 0 bridgehead atoms. The van der Waals surface area contributed by atoms with Gasteiger partial charge in [0.1, 0.15) is 5.52 Å². The lowest BCUT2D eigenvalue weighted by molar-refractivity contribution is 0.101. The number of ketones is 1. The molecule has 0 aliphatic carbocycles. The maximum absolute atomic E-state index is 11.6. The smallest absolute Gasteiger partial charge is 0.228 e. The molecule has 19 heavy (non-hydrogen) atoms. The fourth-order valence-electron chi connectivity index (χ4n) is 2.13. The average molecular weight is 251 g/mol. The van der Waals surface area contributed by atoms with Crippen LogP contribution in [0, 0.1) is 6.92 Å². The fraction of sp³-hybridized carbons (Fsp3) is 0.125. The van der Waals surface area contributed by atoms with E-state index < -0.39 is 0 Å². The maximum atomic E-state index is 11.6. The average Bonchev–Trinajstić information content (AvgIpc) is 2.81. The first-order valence-corrected chi connectivity index (χ1v) is 6.12. The number of benzene rings is 2. The molecule has 1 heterocycles. The van der Waals surface area contributed by atoms with E-state index in [1.54, 1.807) is 13.0 Å². The predicted molar refractivity (Wildman–Crippen MR) is 74.2 cm³/mol. The number of Topliss-reactive ketones (excluding diaryl/α,β-unsaturated/α-hetero) is 1. The SMILES string of the molecule is CC(=O)c1ccccc1-c1nc2cc(C)ccc2o1. The van der Waals surface area contributed by atoms with Gasteiger partial charge in [0.05, 0.1) is 0 Å². The van der Waals surface area contributed by atoms with Crippen LogP contribution in [0.4, 0.5) is 0 Å². The lowest BCUT2D eigenvalue weighted by Crippen LogP contribution is -1.95. The second kappa shape index (κ2) is 4.35. The van der Waals surface area contributed by atoms with Gasteiger partial charge >= 0.3 is 0 Å². The van der Waals surface area contributed by atoms with Gasteiger partial charge in [0.15, 0.2) is 11.4 Å². The second-order valence-electron chi connectivity index (χ2n) is 4.59. The molecule has 0 radical (unpaired) electrons. The van der Waals surface area contributed by atoms with Gasteiger partial charge in [0, 0.05) is 11.1 Å². The molecule has 0 fully saturated rings. The normalized spacial score (nSPS) is 10.8. The van der Waals surface area contributed by atoms with Crippen LogP contribution in [0.25, 0.3) is 22.6 Å². The second-order valence-corrected chi connectivity index (χ2v) is 4.59. The summed E-state index contributed by atoms with van der Waals surface area (Å²) in [4.78, 5) is 16.1. The molecule has 0 aliphatic heterocycles. The highest BCUT2D eigenvalue weighted by atomic mass is 16.3. The zero-order chi connectivity index (χ0) is 13.4. The van der Waals surface area contributed by atoms with Crippen molar-refractivity contribution in [1.82, 2.24) is 4.98 Å². The van der Waals surface area contributed by atoms with Crippen LogP contribution in [0.3, 0.4) is 0 Å². The molecule has 3 aromatic rings. The Morgan fingerprint density at radius 1 is 1.16 bits per heavy atom. The Labute approximate surface area is 110 Å². The standard InChI is InChI=1S/C16H13NO2/c1-10-7-8-15-14(9-10)17-16(19-15)13-6-4-3-5-12(13)11(2)18/h3-9H,1-2H3. The predicted octanol–water partition coefficient (Wildman–Crippen LogP) is 4.01. The lowest BCUT2D eigenvalue weighted by Gasteiger charge is -2.01. The Morgan fingerprint density at radius 2 is 1.95 bits per heavy atom. The fourth-order valence-corrected chi connectivity index (χ4v) is 2.13. The van der Waals surface area contributed by atoms with E-state index in [9.17, 15) is 4.79 Å². The van der Waals surface area contributed by atoms with Crippen LogP contribution in [0.15, 0.2) is 46.9 Å². The van der Waals surface area contributed by atoms with Crippen molar-refractivity contribution in [1.29, 1.82) is 0 Å². The Hall–Kier alpha value is -2.42. The molecule has 0 amide bonds. The quantitative estimate of drug-likeness (QED) is 0.646. The number of hydrogen-bond acceptors (Lipinski definition) is 3. The van der Waals surface area contributed by atoms with Crippen molar-refractivity contribution >= 4 is 16.9 Å². The van der Waals surface area contributed by atoms with E-state index in [0.717, 1.165) is 22.2 Å². The molecule has 94 valence electrons. The summed E-state index contributed by atoms with van der Waals surface area (Å²) in [6.45, 7) is 3.56. The molecule has 0 atom stereocenters. The van der Waals surface area contributed by atoms with Gasteiger partial charge in [-0.25, -0.2) is 4.98 Å². The minimum atomic E-state index is 0.00837. The van der Waals surface area contributed by atoms with E-state index in [-0.39, 0.29) is 5.78 Å². The molecule has 2 aromatic carbocycles. The van der Waals surface area contributed by atoms with Gasteiger partial charge in [-0.15, -0.1) is 0 Å². The number of aromatic nitrogens is 1. The van der Waals surface area contributed by atoms with Crippen LogP contribution < -0.4 is 0 Å². The minimum absolute atomic E-state index is 0.00837. The van der Waals surface area contributed by atoms with Gasteiger partial charge in [0.25, 0.3) is 0 Å². The molecule has 3 rings (SSSR count). The molecule has 0 saturated carbocycles. The van der Waals surface area contributed by atoms with E-state index in [1.807, 2.05) is 43.3 Å². The number of fused-ring (bicyclic) bond motifs is 1. The number of rotatable bonds is 2. The lowest BCUT2D eigenvalue weighted by atomic mass is 10.0. The third-order valence-corrected chi connectivity index (χ3v) is 3.08. The molecule has 0 aliphatic rings. The molecule has 3 nitrogen and oxygen atoms in total. The van der Waals surface area contributed by atoms with Gasteiger partial charge in [-0.3, -0.25) is 4.79 Å². The van der Waals surface area contributed by atoms with Crippen molar-refractivity contribution in [3.8, 4) is 11.5 Å². The maximum Gasteiger partial charge on any atom is 0.228 e. The molecule has 3 heteroatoms. The van der Waals surface area contributed by atoms with Gasteiger partial charge in [-0.2, -0.15) is 0 Å². The third kappa shape index (κ3) is 2.03. The summed E-state index contributed by atoms with van der Waals surface area (Å²) in [5, 5.41) is 0. The van der Waals surface area contributed by atoms with Crippen LogP contribution in [-0.4, -0.2) is 10.8 Å². The number of hydrogen-bond donors (Lipinski definition) is 0. The van der Waals surface area contributed by atoms with Crippen molar-refractivity contribution in [2.24, 2.45) is 0 Å². The monoisotopic (exact) mass is 251 g/mol. The highest BCUT2D eigenvalue weighted by molar-refractivity contribution is 6.00. The molecular weight excluding hydrogens is 238 g/mol. The number of oxazole rings is 1. The first-order chi connectivity index (χ1) is 9.15. The first-order valence-electron chi connectivity index (χ1n) is 6.12. The van der Waals surface area contributed by atoms with Crippen molar-refractivity contribution in [3.63, 3.8) is 0 Å². The minimum Gasteiger partial charge on any atom is -0.436 e. The molecule has 1 aromatic heterocycles. The Kier molecular flexibility index (Phi) is 2.67. The zero-order valence-corrected chi connectivity index (χ0v) is 10.8. The van der Waals surface area contributed by atoms with E-state index in [4.69, 9.17) is 4.42 Å².